The minimum atomic E-state index is 0.505. The van der Waals surface area contributed by atoms with Gasteiger partial charge in [0.15, 0.2) is 0 Å². The maximum atomic E-state index is 3.82. The summed E-state index contributed by atoms with van der Waals surface area (Å²) in [5, 5.41) is 5.67. The first-order valence-electron chi connectivity index (χ1n) is 7.52. The van der Waals surface area contributed by atoms with Crippen molar-refractivity contribution in [2.45, 2.75) is 82.3 Å². The molecule has 0 aliphatic heterocycles. The summed E-state index contributed by atoms with van der Waals surface area (Å²) in [7, 11) is 0. The molecule has 1 N–H and O–H groups in total. The highest BCUT2D eigenvalue weighted by molar-refractivity contribution is 8.00. The summed E-state index contributed by atoms with van der Waals surface area (Å²) >= 11 is 2.31. The van der Waals surface area contributed by atoms with Crippen LogP contribution in [0.15, 0.2) is 0 Å². The van der Waals surface area contributed by atoms with Crippen molar-refractivity contribution in [1.82, 2.24) is 5.32 Å². The van der Waals surface area contributed by atoms with Crippen LogP contribution in [0.2, 0.25) is 0 Å². The normalized spacial score (nSPS) is 33.4. The number of rotatable bonds is 5. The molecule has 0 aromatic rings. The fourth-order valence-electron chi connectivity index (χ4n) is 3.47. The van der Waals surface area contributed by atoms with E-state index in [1.54, 1.807) is 0 Å². The van der Waals surface area contributed by atoms with Crippen LogP contribution in [0.3, 0.4) is 0 Å². The minimum Gasteiger partial charge on any atom is -0.312 e. The number of thioether (sulfide) groups is 1. The average molecular weight is 255 g/mol. The van der Waals surface area contributed by atoms with Crippen molar-refractivity contribution in [1.29, 1.82) is 0 Å². The lowest BCUT2D eigenvalue weighted by atomic mass is 9.87. The monoisotopic (exact) mass is 255 g/mol. The van der Waals surface area contributed by atoms with Gasteiger partial charge < -0.3 is 5.32 Å². The largest absolute Gasteiger partial charge is 0.312 e. The molecule has 2 heteroatoms. The van der Waals surface area contributed by atoms with Gasteiger partial charge in [-0.1, -0.05) is 33.6 Å². The highest BCUT2D eigenvalue weighted by Crippen LogP contribution is 2.46. The third kappa shape index (κ3) is 3.41. The highest BCUT2D eigenvalue weighted by Gasteiger charge is 2.42. The molecule has 17 heavy (non-hydrogen) atoms. The number of nitrogens with one attached hydrogen (secondary N) is 1. The summed E-state index contributed by atoms with van der Waals surface area (Å²) in [6.45, 7) is 8.37. The van der Waals surface area contributed by atoms with Gasteiger partial charge in [0.1, 0.15) is 0 Å². The van der Waals surface area contributed by atoms with Crippen LogP contribution in [0.1, 0.15) is 65.7 Å². The third-order valence-electron chi connectivity index (χ3n) is 4.57. The van der Waals surface area contributed by atoms with E-state index in [4.69, 9.17) is 0 Å². The predicted molar refractivity (Wildman–Crippen MR) is 78.7 cm³/mol. The van der Waals surface area contributed by atoms with Crippen LogP contribution < -0.4 is 5.32 Å². The Kier molecular flexibility index (Phi) is 4.82. The maximum absolute atomic E-state index is 3.82. The van der Waals surface area contributed by atoms with Crippen molar-refractivity contribution >= 4 is 11.8 Å². The average Bonchev–Trinajstić information content (AvgIpc) is 2.86. The van der Waals surface area contributed by atoms with E-state index in [9.17, 15) is 0 Å². The van der Waals surface area contributed by atoms with E-state index >= 15 is 0 Å². The first kappa shape index (κ1) is 13.7. The van der Waals surface area contributed by atoms with Gasteiger partial charge >= 0.3 is 0 Å². The van der Waals surface area contributed by atoms with E-state index in [0.29, 0.717) is 5.41 Å². The molecule has 0 radical (unpaired) electrons. The molecule has 0 aromatic heterocycles. The predicted octanol–water partition coefficient (Wildman–Crippen LogP) is 4.22. The smallest absolute Gasteiger partial charge is 0.0237 e. The second-order valence-electron chi connectivity index (χ2n) is 6.54. The molecule has 2 atom stereocenters. The van der Waals surface area contributed by atoms with Crippen molar-refractivity contribution in [2.75, 3.05) is 6.54 Å². The van der Waals surface area contributed by atoms with Crippen LogP contribution in [-0.2, 0) is 0 Å². The Hall–Kier alpha value is 0.310. The maximum Gasteiger partial charge on any atom is 0.0237 e. The number of hydrogen-bond donors (Lipinski definition) is 1. The molecule has 0 saturated heterocycles. The Morgan fingerprint density at radius 1 is 1.18 bits per heavy atom. The zero-order valence-corrected chi connectivity index (χ0v) is 12.6. The zero-order chi connectivity index (χ0) is 12.3. The van der Waals surface area contributed by atoms with Crippen LogP contribution in [-0.4, -0.2) is 23.1 Å². The highest BCUT2D eigenvalue weighted by atomic mass is 32.2. The molecule has 2 saturated carbocycles. The first-order valence-corrected chi connectivity index (χ1v) is 8.46. The van der Waals surface area contributed by atoms with Crippen molar-refractivity contribution in [3.05, 3.63) is 0 Å². The second kappa shape index (κ2) is 5.97. The fourth-order valence-corrected chi connectivity index (χ4v) is 5.44. The summed E-state index contributed by atoms with van der Waals surface area (Å²) in [6.07, 6.45) is 9.98. The molecular weight excluding hydrogens is 226 g/mol. The van der Waals surface area contributed by atoms with E-state index in [0.717, 1.165) is 16.5 Å². The van der Waals surface area contributed by atoms with Crippen molar-refractivity contribution < 1.29 is 0 Å². The molecule has 100 valence electrons. The van der Waals surface area contributed by atoms with Gasteiger partial charge in [-0.15, -0.1) is 0 Å². The Morgan fingerprint density at radius 3 is 2.53 bits per heavy atom. The van der Waals surface area contributed by atoms with Gasteiger partial charge in [0.25, 0.3) is 0 Å². The number of hydrogen-bond acceptors (Lipinski definition) is 2. The summed E-state index contributed by atoms with van der Waals surface area (Å²) in [5.41, 5.74) is 0.505. The molecule has 2 aliphatic carbocycles. The molecule has 2 aliphatic rings. The van der Waals surface area contributed by atoms with Crippen LogP contribution in [0.5, 0.6) is 0 Å². The van der Waals surface area contributed by atoms with Gasteiger partial charge in [0.2, 0.25) is 0 Å². The van der Waals surface area contributed by atoms with Crippen LogP contribution >= 0.6 is 11.8 Å². The topological polar surface area (TPSA) is 12.0 Å². The van der Waals surface area contributed by atoms with E-state index in [1.807, 2.05) is 0 Å². The van der Waals surface area contributed by atoms with Crippen molar-refractivity contribution in [3.63, 3.8) is 0 Å². The van der Waals surface area contributed by atoms with Crippen LogP contribution in [0, 0.1) is 5.41 Å². The Bertz CT molecular complexity index is 233. The third-order valence-corrected chi connectivity index (χ3v) is 6.28. The Morgan fingerprint density at radius 2 is 1.88 bits per heavy atom. The first-order chi connectivity index (χ1) is 8.13. The minimum absolute atomic E-state index is 0.505. The Labute approximate surface area is 112 Å². The fraction of sp³-hybridized carbons (Fsp3) is 1.00. The van der Waals surface area contributed by atoms with Gasteiger partial charge in [0.05, 0.1) is 0 Å². The molecule has 0 heterocycles. The van der Waals surface area contributed by atoms with Crippen molar-refractivity contribution in [3.8, 4) is 0 Å². The van der Waals surface area contributed by atoms with Gasteiger partial charge in [-0.3, -0.25) is 0 Å². The van der Waals surface area contributed by atoms with E-state index in [1.165, 1.54) is 51.5 Å². The summed E-state index contributed by atoms with van der Waals surface area (Å²) in [4.78, 5) is 0. The standard InChI is InChI=1S/C15H29NS/c1-4-11-16-14-13(9-10-15(14,2)3)17-12-7-5-6-8-12/h12-14,16H,4-11H2,1-3H3. The van der Waals surface area contributed by atoms with E-state index in [-0.39, 0.29) is 0 Å². The van der Waals surface area contributed by atoms with Gasteiger partial charge in [-0.25, -0.2) is 0 Å². The quantitative estimate of drug-likeness (QED) is 0.789. The lowest BCUT2D eigenvalue weighted by Crippen LogP contribution is -2.44. The molecule has 0 bridgehead atoms. The molecule has 2 rings (SSSR count). The molecule has 0 amide bonds. The molecule has 2 fully saturated rings. The molecule has 0 aromatic carbocycles. The van der Waals surface area contributed by atoms with E-state index < -0.39 is 0 Å². The molecule has 1 nitrogen and oxygen atoms in total. The van der Waals surface area contributed by atoms with E-state index in [2.05, 4.69) is 37.8 Å². The molecule has 0 spiro atoms. The zero-order valence-electron chi connectivity index (χ0n) is 11.8. The van der Waals surface area contributed by atoms with Crippen LogP contribution in [0.25, 0.3) is 0 Å². The summed E-state index contributed by atoms with van der Waals surface area (Å²) in [6, 6.07) is 0.744. The summed E-state index contributed by atoms with van der Waals surface area (Å²) < 4.78 is 0. The van der Waals surface area contributed by atoms with Gasteiger partial charge in [-0.2, -0.15) is 11.8 Å². The SMILES string of the molecule is CCCNC1C(SC2CCCC2)CCC1(C)C. The van der Waals surface area contributed by atoms with Crippen molar-refractivity contribution in [2.24, 2.45) is 5.41 Å². The van der Waals surface area contributed by atoms with Crippen LogP contribution in [0.4, 0.5) is 0 Å². The van der Waals surface area contributed by atoms with Gasteiger partial charge in [-0.05, 0) is 44.1 Å². The Balaban J connectivity index is 1.90. The van der Waals surface area contributed by atoms with Gasteiger partial charge in [0, 0.05) is 16.5 Å². The second-order valence-corrected chi connectivity index (χ2v) is 8.08. The molecular formula is C15H29NS. The lowest BCUT2D eigenvalue weighted by molar-refractivity contribution is 0.287. The lowest BCUT2D eigenvalue weighted by Gasteiger charge is -2.32. The summed E-state index contributed by atoms with van der Waals surface area (Å²) in [5.74, 6) is 0. The molecule has 2 unspecified atom stereocenters.